The Morgan fingerprint density at radius 2 is 1.79 bits per heavy atom. The van der Waals surface area contributed by atoms with E-state index < -0.39 is 5.97 Å². The second-order valence-electron chi connectivity index (χ2n) is 6.48. The molecule has 0 unspecified atom stereocenters. The van der Waals surface area contributed by atoms with Crippen LogP contribution in [0.4, 0.5) is 5.69 Å². The summed E-state index contributed by atoms with van der Waals surface area (Å²) in [6, 6.07) is 20.4. The molecule has 0 bridgehead atoms. The molecule has 0 atom stereocenters. The van der Waals surface area contributed by atoms with E-state index in [-0.39, 0.29) is 12.2 Å². The maximum atomic E-state index is 11.1. The number of hydrogen-bond acceptors (Lipinski definition) is 4. The van der Waals surface area contributed by atoms with Gasteiger partial charge in [0.15, 0.2) is 11.5 Å². The summed E-state index contributed by atoms with van der Waals surface area (Å²) in [5, 5.41) is 9.09. The molecule has 29 heavy (non-hydrogen) atoms. The minimum Gasteiger partial charge on any atom is -0.493 e. The van der Waals surface area contributed by atoms with Crippen LogP contribution in [0.15, 0.2) is 71.7 Å². The van der Waals surface area contributed by atoms with Crippen LogP contribution in [0.2, 0.25) is 0 Å². The Bertz CT molecular complexity index is 1010. The van der Waals surface area contributed by atoms with E-state index in [1.807, 2.05) is 36.4 Å². The number of ether oxygens (including phenoxy) is 2. The molecule has 3 rings (SSSR count). The maximum absolute atomic E-state index is 11.1. The van der Waals surface area contributed by atoms with E-state index in [2.05, 4.69) is 24.0 Å². The van der Waals surface area contributed by atoms with E-state index in [0.717, 1.165) is 23.2 Å². The second-order valence-corrected chi connectivity index (χ2v) is 6.48. The summed E-state index contributed by atoms with van der Waals surface area (Å²) >= 11 is 0. The summed E-state index contributed by atoms with van der Waals surface area (Å²) in [4.78, 5) is 15.6. The first kappa shape index (κ1) is 20.1. The molecule has 3 aromatic carbocycles. The summed E-state index contributed by atoms with van der Waals surface area (Å²) in [6.45, 7) is 2.37. The van der Waals surface area contributed by atoms with E-state index in [4.69, 9.17) is 14.6 Å². The quantitative estimate of drug-likeness (QED) is 0.532. The first-order chi connectivity index (χ1) is 14.1. The molecule has 1 N–H and O–H groups in total. The van der Waals surface area contributed by atoms with Crippen molar-refractivity contribution in [2.75, 3.05) is 7.11 Å². The predicted molar refractivity (Wildman–Crippen MR) is 114 cm³/mol. The van der Waals surface area contributed by atoms with Crippen LogP contribution in [-0.4, -0.2) is 24.4 Å². The fourth-order valence-electron chi connectivity index (χ4n) is 2.81. The minimum absolute atomic E-state index is 0.233. The third-order valence-electron chi connectivity index (χ3n) is 4.46. The summed E-state index contributed by atoms with van der Waals surface area (Å²) in [6.07, 6.45) is 2.78. The van der Waals surface area contributed by atoms with Gasteiger partial charge in [-0.2, -0.15) is 0 Å². The first-order valence-electron chi connectivity index (χ1n) is 9.35. The highest BCUT2D eigenvalue weighted by atomic mass is 16.5. The highest BCUT2D eigenvalue weighted by Crippen LogP contribution is 2.28. The summed E-state index contributed by atoms with van der Waals surface area (Å²) < 4.78 is 11.3. The number of nitrogens with zero attached hydrogens (tertiary/aromatic N) is 1. The SMILES string of the molecule is CCc1ccc(N=Cc2ccc(OCc3cccc(C(=O)O)c3)c(OC)c2)cc1. The Morgan fingerprint density at radius 3 is 2.48 bits per heavy atom. The lowest BCUT2D eigenvalue weighted by Crippen LogP contribution is -2.01. The van der Waals surface area contributed by atoms with Crippen LogP contribution in [0.5, 0.6) is 11.5 Å². The number of carboxylic acid groups (broad SMARTS) is 1. The van der Waals surface area contributed by atoms with Gasteiger partial charge in [-0.05, 0) is 65.6 Å². The van der Waals surface area contributed by atoms with E-state index in [1.54, 1.807) is 31.5 Å². The van der Waals surface area contributed by atoms with Crippen LogP contribution < -0.4 is 9.47 Å². The molecule has 0 amide bonds. The number of methoxy groups -OCH3 is 1. The van der Waals surface area contributed by atoms with Crippen molar-refractivity contribution in [1.82, 2.24) is 0 Å². The third-order valence-corrected chi connectivity index (χ3v) is 4.46. The molecule has 0 spiro atoms. The molecule has 0 aliphatic rings. The lowest BCUT2D eigenvalue weighted by atomic mass is 10.1. The van der Waals surface area contributed by atoms with Crippen molar-refractivity contribution in [2.45, 2.75) is 20.0 Å². The van der Waals surface area contributed by atoms with Gasteiger partial charge in [-0.15, -0.1) is 0 Å². The second kappa shape index (κ2) is 9.55. The van der Waals surface area contributed by atoms with E-state index in [9.17, 15) is 4.79 Å². The molecule has 5 nitrogen and oxygen atoms in total. The fraction of sp³-hybridized carbons (Fsp3) is 0.167. The largest absolute Gasteiger partial charge is 0.493 e. The molecule has 0 saturated heterocycles. The Balaban J connectivity index is 1.70. The van der Waals surface area contributed by atoms with Crippen LogP contribution in [0.3, 0.4) is 0 Å². The number of carbonyl (C=O) groups is 1. The molecular weight excluding hydrogens is 366 g/mol. The van der Waals surface area contributed by atoms with Crippen molar-refractivity contribution in [2.24, 2.45) is 4.99 Å². The van der Waals surface area contributed by atoms with Gasteiger partial charge in [0.05, 0.1) is 18.4 Å². The number of aryl methyl sites for hydroxylation is 1. The number of hydrogen-bond donors (Lipinski definition) is 1. The van der Waals surface area contributed by atoms with Gasteiger partial charge in [-0.1, -0.05) is 31.2 Å². The molecule has 0 radical (unpaired) electrons. The lowest BCUT2D eigenvalue weighted by Gasteiger charge is -2.11. The Morgan fingerprint density at radius 1 is 1.00 bits per heavy atom. The zero-order chi connectivity index (χ0) is 20.6. The summed E-state index contributed by atoms with van der Waals surface area (Å²) in [5.74, 6) is 0.208. The molecule has 5 heteroatoms. The minimum atomic E-state index is -0.961. The van der Waals surface area contributed by atoms with Gasteiger partial charge in [0, 0.05) is 6.21 Å². The van der Waals surface area contributed by atoms with Crippen LogP contribution >= 0.6 is 0 Å². The molecule has 0 fully saturated rings. The van der Waals surface area contributed by atoms with Crippen LogP contribution in [-0.2, 0) is 13.0 Å². The third kappa shape index (κ3) is 5.45. The summed E-state index contributed by atoms with van der Waals surface area (Å²) in [7, 11) is 1.58. The van der Waals surface area contributed by atoms with Gasteiger partial charge in [-0.25, -0.2) is 4.79 Å². The normalized spacial score (nSPS) is 10.8. The molecule has 148 valence electrons. The molecular formula is C24H23NO4. The molecule has 0 aromatic heterocycles. The van der Waals surface area contributed by atoms with Crippen LogP contribution in [0.25, 0.3) is 0 Å². The number of aromatic carboxylic acids is 1. The Kier molecular flexibility index (Phi) is 6.63. The topological polar surface area (TPSA) is 68.1 Å². The first-order valence-corrected chi connectivity index (χ1v) is 9.35. The van der Waals surface area contributed by atoms with Crippen LogP contribution in [0.1, 0.15) is 34.0 Å². The molecule has 3 aromatic rings. The van der Waals surface area contributed by atoms with Crippen LogP contribution in [0, 0.1) is 0 Å². The summed E-state index contributed by atoms with van der Waals surface area (Å²) in [5.41, 5.74) is 4.06. The van der Waals surface area contributed by atoms with Crippen molar-refractivity contribution < 1.29 is 19.4 Å². The van der Waals surface area contributed by atoms with Crippen molar-refractivity contribution in [3.8, 4) is 11.5 Å². The highest BCUT2D eigenvalue weighted by Gasteiger charge is 2.07. The van der Waals surface area contributed by atoms with Crippen molar-refractivity contribution in [3.05, 3.63) is 89.0 Å². The molecule has 0 aliphatic heterocycles. The number of rotatable bonds is 8. The van der Waals surface area contributed by atoms with E-state index in [1.165, 1.54) is 5.56 Å². The molecule has 0 heterocycles. The van der Waals surface area contributed by atoms with E-state index >= 15 is 0 Å². The van der Waals surface area contributed by atoms with Crippen molar-refractivity contribution >= 4 is 17.9 Å². The van der Waals surface area contributed by atoms with Gasteiger partial charge in [0.25, 0.3) is 0 Å². The standard InChI is InChI=1S/C24H23NO4/c1-3-17-7-10-21(11-8-17)25-15-18-9-12-22(23(14-18)28-2)29-16-19-5-4-6-20(13-19)24(26)27/h4-15H,3,16H2,1-2H3,(H,26,27). The number of aliphatic imine (C=N–C) groups is 1. The number of carboxylic acids is 1. The fourth-order valence-corrected chi connectivity index (χ4v) is 2.81. The Hall–Kier alpha value is -3.60. The van der Waals surface area contributed by atoms with Gasteiger partial charge < -0.3 is 14.6 Å². The lowest BCUT2D eigenvalue weighted by molar-refractivity contribution is 0.0696. The van der Waals surface area contributed by atoms with Crippen molar-refractivity contribution in [3.63, 3.8) is 0 Å². The average Bonchev–Trinajstić information content (AvgIpc) is 2.77. The van der Waals surface area contributed by atoms with Gasteiger partial charge in [0.2, 0.25) is 0 Å². The maximum Gasteiger partial charge on any atom is 0.335 e. The smallest absolute Gasteiger partial charge is 0.335 e. The average molecular weight is 389 g/mol. The zero-order valence-corrected chi connectivity index (χ0v) is 16.5. The number of benzene rings is 3. The van der Waals surface area contributed by atoms with Gasteiger partial charge in [-0.3, -0.25) is 4.99 Å². The van der Waals surface area contributed by atoms with Gasteiger partial charge in [0.1, 0.15) is 6.61 Å². The Labute approximate surface area is 170 Å². The predicted octanol–water partition coefficient (Wildman–Crippen LogP) is 5.29. The zero-order valence-electron chi connectivity index (χ0n) is 16.5. The van der Waals surface area contributed by atoms with E-state index in [0.29, 0.717) is 11.5 Å². The van der Waals surface area contributed by atoms with Crippen molar-refractivity contribution in [1.29, 1.82) is 0 Å². The molecule has 0 aliphatic carbocycles. The highest BCUT2D eigenvalue weighted by molar-refractivity contribution is 5.87. The monoisotopic (exact) mass is 389 g/mol. The van der Waals surface area contributed by atoms with Gasteiger partial charge >= 0.3 is 5.97 Å². The molecule has 0 saturated carbocycles.